The predicted octanol–water partition coefficient (Wildman–Crippen LogP) is 12.1. The average Bonchev–Trinajstić information content (AvgIpc) is 3.24. The number of carbonyl (C=O) groups is 6. The van der Waals surface area contributed by atoms with E-state index in [-0.39, 0.29) is 43.3 Å². The number of hydrogen-bond acceptors (Lipinski definition) is 10. The summed E-state index contributed by atoms with van der Waals surface area (Å²) in [6, 6.07) is 22.6. The molecule has 5 rings (SSSR count). The van der Waals surface area contributed by atoms with Crippen LogP contribution in [0.3, 0.4) is 0 Å². The Morgan fingerprint density at radius 1 is 0.516 bits per heavy atom. The lowest BCUT2D eigenvalue weighted by Gasteiger charge is -2.17. The minimum Gasteiger partial charge on any atom is -0.324 e. The number of halogens is 4. The van der Waals surface area contributed by atoms with Crippen molar-refractivity contribution in [3.05, 3.63) is 140 Å². The molecule has 0 spiro atoms. The second-order valence-corrected chi connectivity index (χ2v) is 16.7. The Morgan fingerprint density at radius 2 is 0.891 bits per heavy atom. The van der Waals surface area contributed by atoms with Crippen LogP contribution in [-0.4, -0.2) is 47.3 Å². The summed E-state index contributed by atoms with van der Waals surface area (Å²) >= 11 is 25.1. The first-order valence-electron chi connectivity index (χ1n) is 19.6. The molecule has 330 valence electrons. The highest BCUT2D eigenvalue weighted by Gasteiger charge is 2.27. The number of nitrogens with zero attached hydrogens (tertiary/aromatic N) is 4. The van der Waals surface area contributed by atoms with Gasteiger partial charge in [0, 0.05) is 33.9 Å². The molecule has 4 unspecified atom stereocenters. The number of anilines is 4. The van der Waals surface area contributed by atoms with Gasteiger partial charge in [-0.1, -0.05) is 47.5 Å². The van der Waals surface area contributed by atoms with Crippen molar-refractivity contribution in [1.82, 2.24) is 0 Å². The SMILES string of the molecule is CC(=O)C(N=Nc1cc(C(=O)Nc2cccc(C(C)Cl)c2)ccc1Cl)C(=O)Nc1ccc(NC(=O)C(N=Nc2cc(C(=O)Nc3cccc(C(C)Cl)c3)ccc2Cl)C(C)=O)c(C)c1C. The molecule has 4 N–H and O–H groups in total. The van der Waals surface area contributed by atoms with E-state index in [1.165, 1.54) is 62.4 Å². The number of amides is 4. The van der Waals surface area contributed by atoms with Crippen molar-refractivity contribution in [2.24, 2.45) is 20.5 Å². The Kier molecular flexibility index (Phi) is 16.6. The average molecular weight is 945 g/mol. The number of azo groups is 2. The first kappa shape index (κ1) is 48.7. The monoisotopic (exact) mass is 942 g/mol. The number of benzene rings is 5. The summed E-state index contributed by atoms with van der Waals surface area (Å²) in [5.74, 6) is -3.78. The third-order valence-corrected chi connectivity index (χ3v) is 10.9. The van der Waals surface area contributed by atoms with Crippen molar-refractivity contribution in [2.45, 2.75) is 64.4 Å². The van der Waals surface area contributed by atoms with E-state index in [1.807, 2.05) is 26.0 Å². The van der Waals surface area contributed by atoms with E-state index in [2.05, 4.69) is 41.7 Å². The van der Waals surface area contributed by atoms with Crippen LogP contribution >= 0.6 is 46.4 Å². The Morgan fingerprint density at radius 3 is 1.23 bits per heavy atom. The van der Waals surface area contributed by atoms with Crippen LogP contribution in [0.2, 0.25) is 10.0 Å². The van der Waals surface area contributed by atoms with E-state index in [1.54, 1.807) is 50.2 Å². The van der Waals surface area contributed by atoms with Crippen molar-refractivity contribution in [1.29, 1.82) is 0 Å². The smallest absolute Gasteiger partial charge is 0.258 e. The van der Waals surface area contributed by atoms with E-state index in [9.17, 15) is 28.8 Å². The van der Waals surface area contributed by atoms with Gasteiger partial charge in [-0.2, -0.15) is 20.5 Å². The van der Waals surface area contributed by atoms with E-state index < -0.39 is 47.3 Å². The minimum absolute atomic E-state index is 0.0476. The second kappa shape index (κ2) is 21.8. The van der Waals surface area contributed by atoms with E-state index in [0.29, 0.717) is 33.9 Å². The molecule has 0 radical (unpaired) electrons. The van der Waals surface area contributed by atoms with Crippen LogP contribution < -0.4 is 21.3 Å². The maximum absolute atomic E-state index is 13.4. The van der Waals surface area contributed by atoms with Crippen LogP contribution in [0, 0.1) is 13.8 Å². The Bertz CT molecular complexity index is 2520. The van der Waals surface area contributed by atoms with Gasteiger partial charge < -0.3 is 21.3 Å². The molecule has 14 nitrogen and oxygen atoms in total. The molecule has 0 saturated carbocycles. The predicted molar refractivity (Wildman–Crippen MR) is 251 cm³/mol. The summed E-state index contributed by atoms with van der Waals surface area (Å²) in [5.41, 5.74) is 4.81. The summed E-state index contributed by atoms with van der Waals surface area (Å²) in [5, 5.41) is 26.8. The normalized spacial score (nSPS) is 13.2. The third kappa shape index (κ3) is 12.7. The first-order valence-corrected chi connectivity index (χ1v) is 21.2. The van der Waals surface area contributed by atoms with Gasteiger partial charge in [-0.3, -0.25) is 28.8 Å². The lowest BCUT2D eigenvalue weighted by Crippen LogP contribution is -2.33. The number of alkyl halides is 2. The molecule has 0 fully saturated rings. The molecule has 18 heteroatoms. The van der Waals surface area contributed by atoms with Gasteiger partial charge in [-0.05, 0) is 137 Å². The summed E-state index contributed by atoms with van der Waals surface area (Å²) in [4.78, 5) is 78.3. The number of rotatable bonds is 16. The fourth-order valence-electron chi connectivity index (χ4n) is 5.97. The molecule has 4 atom stereocenters. The van der Waals surface area contributed by atoms with Crippen LogP contribution in [0.4, 0.5) is 34.1 Å². The number of ketones is 2. The molecular formula is C46H42Cl4N8O6. The van der Waals surface area contributed by atoms with Crippen molar-refractivity contribution >= 4 is 116 Å². The number of nitrogens with one attached hydrogen (secondary N) is 4. The summed E-state index contributed by atoms with van der Waals surface area (Å²) in [6.45, 7) is 9.34. The third-order valence-electron chi connectivity index (χ3n) is 9.76. The number of carbonyl (C=O) groups excluding carboxylic acids is 6. The maximum atomic E-state index is 13.4. The standard InChI is InChI=1S/C46H42Cl4N8O6/c1-23-24(2)38(54-46(64)42(28(6)60)58-56-40-22-32(14-16-36(40)50)44(62)52-34-12-8-10-30(20-34)26(4)48)18-17-37(23)53-45(63)41(27(5)59)57-55-39-21-31(13-15-35(39)49)43(61)51-33-11-7-9-29(19-33)25(3)47/h7-22,25-26,41-42H,1-6H3,(H,51,61)(H,52,62)(H,53,63)(H,54,64). The van der Waals surface area contributed by atoms with Crippen LogP contribution in [0.25, 0.3) is 0 Å². The molecule has 64 heavy (non-hydrogen) atoms. The zero-order valence-corrected chi connectivity index (χ0v) is 38.3. The maximum Gasteiger partial charge on any atom is 0.258 e. The summed E-state index contributed by atoms with van der Waals surface area (Å²) in [7, 11) is 0. The van der Waals surface area contributed by atoms with Crippen LogP contribution in [0.1, 0.15) is 81.4 Å². The van der Waals surface area contributed by atoms with Gasteiger partial charge in [0.15, 0.2) is 11.6 Å². The molecule has 0 aromatic heterocycles. The molecule has 0 aliphatic heterocycles. The highest BCUT2D eigenvalue weighted by atomic mass is 35.5. The van der Waals surface area contributed by atoms with Crippen LogP contribution in [0.5, 0.6) is 0 Å². The zero-order chi connectivity index (χ0) is 46.8. The Balaban J connectivity index is 1.26. The quantitative estimate of drug-likeness (QED) is 0.0431. The van der Waals surface area contributed by atoms with Gasteiger partial charge >= 0.3 is 0 Å². The molecule has 5 aromatic rings. The molecule has 0 aliphatic rings. The van der Waals surface area contributed by atoms with E-state index >= 15 is 0 Å². The largest absolute Gasteiger partial charge is 0.324 e. The Labute approximate surface area is 389 Å². The van der Waals surface area contributed by atoms with Gasteiger partial charge in [-0.25, -0.2) is 0 Å². The molecule has 0 aliphatic carbocycles. The minimum atomic E-state index is -1.59. The lowest BCUT2D eigenvalue weighted by atomic mass is 10.0. The highest BCUT2D eigenvalue weighted by molar-refractivity contribution is 6.33. The Hall–Kier alpha value is -6.32. The first-order chi connectivity index (χ1) is 30.3. The topological polar surface area (TPSA) is 200 Å². The zero-order valence-electron chi connectivity index (χ0n) is 35.3. The molecule has 0 heterocycles. The molecule has 4 amide bonds. The lowest BCUT2D eigenvalue weighted by molar-refractivity contribution is -0.127. The van der Waals surface area contributed by atoms with Crippen molar-refractivity contribution in [3.8, 4) is 0 Å². The molecule has 0 bridgehead atoms. The fraction of sp³-hybridized carbons (Fsp3) is 0.217. The molecule has 5 aromatic carbocycles. The van der Waals surface area contributed by atoms with Gasteiger partial charge in [0.25, 0.3) is 23.6 Å². The van der Waals surface area contributed by atoms with Crippen LogP contribution in [0.15, 0.2) is 118 Å². The van der Waals surface area contributed by atoms with Gasteiger partial charge in [0.05, 0.1) is 20.8 Å². The number of Topliss-reactive ketones (excluding diaryl/α,β-unsaturated/α-hetero) is 2. The molecule has 0 saturated heterocycles. The number of hydrogen-bond donors (Lipinski definition) is 4. The van der Waals surface area contributed by atoms with Crippen molar-refractivity contribution in [2.75, 3.05) is 21.3 Å². The van der Waals surface area contributed by atoms with Gasteiger partial charge in [0.2, 0.25) is 12.1 Å². The molecular weight excluding hydrogens is 902 g/mol. The van der Waals surface area contributed by atoms with Crippen molar-refractivity contribution in [3.63, 3.8) is 0 Å². The fourth-order valence-corrected chi connectivity index (χ4v) is 6.55. The van der Waals surface area contributed by atoms with Gasteiger partial charge in [-0.15, -0.1) is 23.2 Å². The van der Waals surface area contributed by atoms with E-state index in [0.717, 1.165) is 11.1 Å². The summed E-state index contributed by atoms with van der Waals surface area (Å²) in [6.07, 6.45) is 0. The summed E-state index contributed by atoms with van der Waals surface area (Å²) < 4.78 is 0. The van der Waals surface area contributed by atoms with Gasteiger partial charge in [0.1, 0.15) is 11.4 Å². The second-order valence-electron chi connectivity index (χ2n) is 14.6. The van der Waals surface area contributed by atoms with Crippen molar-refractivity contribution < 1.29 is 28.8 Å². The highest BCUT2D eigenvalue weighted by Crippen LogP contribution is 2.31. The van der Waals surface area contributed by atoms with E-state index in [4.69, 9.17) is 46.4 Å². The van der Waals surface area contributed by atoms with Crippen LogP contribution in [-0.2, 0) is 19.2 Å².